The Morgan fingerprint density at radius 1 is 0.311 bits per heavy atom. The molecule has 0 aliphatic rings. The van der Waals surface area contributed by atoms with Crippen LogP contribution in [-0.2, 0) is 98.0 Å². The van der Waals surface area contributed by atoms with Crippen molar-refractivity contribution in [1.82, 2.24) is 15.0 Å². The molecule has 1 heterocycles. The molecule has 24 nitrogen and oxygen atoms in total. The SMILES string of the molecule is CCCCCCCCCCCCOc1cc(Cn2cc(COCCOCCOCCOCCOCCOCCOCCOCCOCCOCCOCCOCCOCCOCCOCCOCCP(=O)(F)OCC)nn2)cc(OCCCCCCCCCCCC)c1OCCCCCCCCCCCC. The van der Waals surface area contributed by atoms with E-state index in [1.807, 2.05) is 10.9 Å². The number of ether oxygens (including phenoxy) is 19. The van der Waals surface area contributed by atoms with Crippen molar-refractivity contribution < 1.29 is 103 Å². The molecule has 0 saturated carbocycles. The van der Waals surface area contributed by atoms with Crippen molar-refractivity contribution in [2.24, 2.45) is 0 Å². The van der Waals surface area contributed by atoms with Gasteiger partial charge in [0.25, 0.3) is 0 Å². The summed E-state index contributed by atoms with van der Waals surface area (Å²) in [6.45, 7) is 24.9. The number of rotatable bonds is 90. The summed E-state index contributed by atoms with van der Waals surface area (Å²) in [6, 6.07) is 4.25. The molecule has 2 aromatic rings. The van der Waals surface area contributed by atoms with E-state index in [0.29, 0.717) is 225 Å². The molecule has 106 heavy (non-hydrogen) atoms. The summed E-state index contributed by atoms with van der Waals surface area (Å²) in [5.74, 6) is 2.26. The molecule has 0 bridgehead atoms. The van der Waals surface area contributed by atoms with Crippen LogP contribution in [0.2, 0.25) is 0 Å². The van der Waals surface area contributed by atoms with Gasteiger partial charge in [-0.25, -0.2) is 4.68 Å². The van der Waals surface area contributed by atoms with Gasteiger partial charge in [-0.1, -0.05) is 199 Å². The van der Waals surface area contributed by atoms with Crippen LogP contribution in [0.4, 0.5) is 4.20 Å². The van der Waals surface area contributed by atoms with Gasteiger partial charge in [-0.3, -0.25) is 4.57 Å². The van der Waals surface area contributed by atoms with Crippen molar-refractivity contribution >= 4 is 7.68 Å². The zero-order chi connectivity index (χ0) is 75.7. The van der Waals surface area contributed by atoms with Crippen molar-refractivity contribution in [3.63, 3.8) is 0 Å². The molecule has 1 atom stereocenters. The maximum absolute atomic E-state index is 13.4. The monoisotopic (exact) mass is 1540 g/mol. The van der Waals surface area contributed by atoms with E-state index in [2.05, 4.69) is 47.7 Å². The lowest BCUT2D eigenvalue weighted by atomic mass is 10.1. The maximum Gasteiger partial charge on any atom is 0.369 e. The molecule has 0 aliphatic carbocycles. The fourth-order valence-corrected chi connectivity index (χ4v) is 11.8. The number of benzene rings is 1. The van der Waals surface area contributed by atoms with Crippen molar-refractivity contribution in [2.75, 3.05) is 237 Å². The van der Waals surface area contributed by atoms with Gasteiger partial charge in [0.15, 0.2) is 11.5 Å². The first-order valence-corrected chi connectivity index (χ1v) is 43.2. The molecule has 0 radical (unpaired) electrons. The minimum Gasteiger partial charge on any atom is -0.490 e. The van der Waals surface area contributed by atoms with Gasteiger partial charge < -0.3 is 94.5 Å². The fourth-order valence-electron chi connectivity index (χ4n) is 11.0. The zero-order valence-electron chi connectivity index (χ0n) is 67.1. The summed E-state index contributed by atoms with van der Waals surface area (Å²) in [5.41, 5.74) is 1.78. The third kappa shape index (κ3) is 68.1. The van der Waals surface area contributed by atoms with E-state index in [1.165, 1.54) is 173 Å². The summed E-state index contributed by atoms with van der Waals surface area (Å²) in [6.07, 6.45) is 40.1. The Hall–Kier alpha value is -2.76. The second kappa shape index (κ2) is 80.3. The molecule has 0 spiro atoms. The van der Waals surface area contributed by atoms with Crippen LogP contribution in [-0.4, -0.2) is 252 Å². The van der Waals surface area contributed by atoms with Gasteiger partial charge in [-0.15, -0.1) is 5.10 Å². The van der Waals surface area contributed by atoms with Crippen LogP contribution in [0.25, 0.3) is 0 Å². The highest BCUT2D eigenvalue weighted by Crippen LogP contribution is 2.48. The van der Waals surface area contributed by atoms with E-state index in [-0.39, 0.29) is 26.0 Å². The second-order valence-corrected chi connectivity index (χ2v) is 28.3. The van der Waals surface area contributed by atoms with E-state index in [9.17, 15) is 8.76 Å². The molecule has 0 N–H and O–H groups in total. The maximum atomic E-state index is 13.4. The quantitative estimate of drug-likeness (QED) is 0.0442. The smallest absolute Gasteiger partial charge is 0.369 e. The lowest BCUT2D eigenvalue weighted by Gasteiger charge is -2.19. The number of unbranched alkanes of at least 4 members (excludes halogenated alkanes) is 27. The van der Waals surface area contributed by atoms with E-state index < -0.39 is 7.68 Å². The van der Waals surface area contributed by atoms with Gasteiger partial charge >= 0.3 is 7.68 Å². The highest BCUT2D eigenvalue weighted by Gasteiger charge is 2.21. The lowest BCUT2D eigenvalue weighted by molar-refractivity contribution is -0.0304. The average molecular weight is 1540 g/mol. The average Bonchev–Trinajstić information content (AvgIpc) is 1.13. The molecule has 2 rings (SSSR count). The molecule has 0 fully saturated rings. The predicted octanol–water partition coefficient (Wildman–Crippen LogP) is 16.2. The molecular weight excluding hydrogens is 1390 g/mol. The van der Waals surface area contributed by atoms with Crippen LogP contribution in [0.3, 0.4) is 0 Å². The zero-order valence-corrected chi connectivity index (χ0v) is 67.9. The molecule has 26 heteroatoms. The van der Waals surface area contributed by atoms with Gasteiger partial charge in [0.1, 0.15) is 5.69 Å². The Morgan fingerprint density at radius 3 is 0.830 bits per heavy atom. The molecule has 0 saturated heterocycles. The Balaban J connectivity index is 1.48. The normalized spacial score (nSPS) is 12.3. The van der Waals surface area contributed by atoms with E-state index in [4.69, 9.17) is 90.0 Å². The third-order valence-electron chi connectivity index (χ3n) is 16.9. The van der Waals surface area contributed by atoms with Crippen LogP contribution in [0.15, 0.2) is 18.3 Å². The summed E-state index contributed by atoms with van der Waals surface area (Å²) in [7, 11) is -4.05. The summed E-state index contributed by atoms with van der Waals surface area (Å²) >= 11 is 0. The lowest BCUT2D eigenvalue weighted by Crippen LogP contribution is -2.16. The highest BCUT2D eigenvalue weighted by atomic mass is 31.2. The molecule has 1 aromatic heterocycles. The summed E-state index contributed by atoms with van der Waals surface area (Å²) < 4.78 is 140. The molecule has 0 amide bonds. The van der Waals surface area contributed by atoms with Crippen LogP contribution in [0.5, 0.6) is 17.2 Å². The number of nitrogens with zero attached hydrogens (tertiary/aromatic N) is 3. The molecule has 624 valence electrons. The van der Waals surface area contributed by atoms with E-state index >= 15 is 0 Å². The molecule has 1 aromatic carbocycles. The Morgan fingerprint density at radius 2 is 0.557 bits per heavy atom. The van der Waals surface area contributed by atoms with Crippen LogP contribution >= 0.6 is 7.68 Å². The summed E-state index contributed by atoms with van der Waals surface area (Å²) in [5, 5.41) is 8.92. The molecule has 0 aliphatic heterocycles. The fraction of sp³-hybridized carbons (Fsp3) is 0.900. The van der Waals surface area contributed by atoms with Gasteiger partial charge in [-0.05, 0) is 43.9 Å². The predicted molar refractivity (Wildman–Crippen MR) is 415 cm³/mol. The van der Waals surface area contributed by atoms with Crippen molar-refractivity contribution in [2.45, 2.75) is 233 Å². The van der Waals surface area contributed by atoms with E-state index in [1.54, 1.807) is 6.92 Å². The van der Waals surface area contributed by atoms with Crippen LogP contribution in [0, 0.1) is 0 Å². The first-order valence-electron chi connectivity index (χ1n) is 41.5. The minimum absolute atomic E-state index is 0.0167. The molecule has 1 unspecified atom stereocenters. The number of halogens is 1. The van der Waals surface area contributed by atoms with Gasteiger partial charge in [0.05, 0.1) is 257 Å². The van der Waals surface area contributed by atoms with E-state index in [0.717, 1.165) is 47.8 Å². The van der Waals surface area contributed by atoms with Crippen molar-refractivity contribution in [3.8, 4) is 17.2 Å². The first kappa shape index (κ1) is 99.3. The van der Waals surface area contributed by atoms with Crippen molar-refractivity contribution in [1.29, 1.82) is 0 Å². The Kier molecular flexibility index (Phi) is 75.2. The van der Waals surface area contributed by atoms with Gasteiger partial charge in [-0.2, -0.15) is 4.20 Å². The second-order valence-electron chi connectivity index (χ2n) is 26.4. The van der Waals surface area contributed by atoms with Gasteiger partial charge in [0.2, 0.25) is 5.75 Å². The van der Waals surface area contributed by atoms with Crippen molar-refractivity contribution in [3.05, 3.63) is 29.6 Å². The number of hydrogen-bond donors (Lipinski definition) is 0. The van der Waals surface area contributed by atoms with Crippen LogP contribution < -0.4 is 14.2 Å². The third-order valence-corrected chi connectivity index (χ3v) is 18.3. The standard InChI is InChI=1S/C80H151FN3O21P/c1-5-9-12-15-18-21-24-27-30-33-36-102-78-71-76(72-79(103-37-34-31-28-25-22-19-16-13-10-6-2)80(78)104-38-35-32-29-26-23-20-17-14-11-7-3)73-84-74-77(82-83-84)75-101-68-67-99-64-63-97-60-59-95-56-55-93-52-51-91-48-47-89-44-43-87-40-39-86-41-42-88-45-46-90-49-50-92-53-54-94-57-58-96-61-62-98-65-66-100-69-70-106(81,85)105-8-4/h71-72,74H,5-70,73,75H2,1-4H3. The number of hydrogen-bond acceptors (Lipinski definition) is 23. The topological polar surface area (TPSA) is 232 Å². The van der Waals surface area contributed by atoms with Gasteiger partial charge in [0, 0.05) is 0 Å². The first-order chi connectivity index (χ1) is 52.4. The number of aromatic nitrogens is 3. The largest absolute Gasteiger partial charge is 0.490 e. The molecular formula is C80H151FN3O21P. The Labute approximate surface area is 640 Å². The highest BCUT2D eigenvalue weighted by molar-refractivity contribution is 7.53. The van der Waals surface area contributed by atoms with Crippen LogP contribution in [0.1, 0.15) is 232 Å². The Bertz CT molecular complexity index is 2100. The summed E-state index contributed by atoms with van der Waals surface area (Å²) in [4.78, 5) is 0. The minimum atomic E-state index is -4.05.